The molecule has 0 saturated heterocycles. The summed E-state index contributed by atoms with van der Waals surface area (Å²) in [6.07, 6.45) is 0. The summed E-state index contributed by atoms with van der Waals surface area (Å²) in [5, 5.41) is 14.4. The molecule has 0 saturated carbocycles. The molecular formula is C15H11ClN2O2S. The van der Waals surface area contributed by atoms with E-state index < -0.39 is 0 Å². The summed E-state index contributed by atoms with van der Waals surface area (Å²) in [6.45, 7) is 0. The van der Waals surface area contributed by atoms with Crippen molar-refractivity contribution in [3.05, 3.63) is 59.4 Å². The molecule has 1 heterocycles. The van der Waals surface area contributed by atoms with Crippen LogP contribution in [-0.2, 0) is 5.75 Å². The molecule has 0 spiro atoms. The highest BCUT2D eigenvalue weighted by Crippen LogP contribution is 2.28. The van der Waals surface area contributed by atoms with Gasteiger partial charge in [-0.2, -0.15) is 4.98 Å². The molecule has 6 heteroatoms. The fourth-order valence-electron chi connectivity index (χ4n) is 1.76. The number of halogens is 1. The van der Waals surface area contributed by atoms with E-state index in [4.69, 9.17) is 16.1 Å². The van der Waals surface area contributed by atoms with Gasteiger partial charge >= 0.3 is 0 Å². The highest BCUT2D eigenvalue weighted by atomic mass is 35.5. The molecule has 1 N–H and O–H groups in total. The van der Waals surface area contributed by atoms with Gasteiger partial charge < -0.3 is 9.63 Å². The number of hydrogen-bond donors (Lipinski definition) is 1. The number of phenolic OH excluding ortho intramolecular Hbond substituents is 1. The summed E-state index contributed by atoms with van der Waals surface area (Å²) in [5.41, 5.74) is 0.535. The molecule has 0 unspecified atom stereocenters. The van der Waals surface area contributed by atoms with E-state index in [0.717, 1.165) is 4.90 Å². The van der Waals surface area contributed by atoms with E-state index in [1.54, 1.807) is 36.0 Å². The lowest BCUT2D eigenvalue weighted by Crippen LogP contribution is -1.84. The highest BCUT2D eigenvalue weighted by Gasteiger charge is 2.12. The molecule has 0 aliphatic rings. The summed E-state index contributed by atoms with van der Waals surface area (Å²) in [4.78, 5) is 5.37. The Morgan fingerprint density at radius 2 is 1.86 bits per heavy atom. The van der Waals surface area contributed by atoms with Crippen LogP contribution in [0.5, 0.6) is 5.75 Å². The monoisotopic (exact) mass is 318 g/mol. The van der Waals surface area contributed by atoms with Crippen molar-refractivity contribution in [3.8, 4) is 17.2 Å². The first kappa shape index (κ1) is 14.0. The lowest BCUT2D eigenvalue weighted by molar-refractivity contribution is 0.419. The Balaban J connectivity index is 1.71. The third kappa shape index (κ3) is 3.37. The minimum Gasteiger partial charge on any atom is -0.507 e. The van der Waals surface area contributed by atoms with Crippen LogP contribution in [0.15, 0.2) is 57.9 Å². The van der Waals surface area contributed by atoms with Crippen molar-refractivity contribution in [3.63, 3.8) is 0 Å². The number of para-hydroxylation sites is 1. The van der Waals surface area contributed by atoms with E-state index in [-0.39, 0.29) is 5.75 Å². The van der Waals surface area contributed by atoms with Crippen LogP contribution in [0.2, 0.25) is 5.02 Å². The van der Waals surface area contributed by atoms with Crippen molar-refractivity contribution in [1.29, 1.82) is 0 Å². The predicted molar refractivity (Wildman–Crippen MR) is 82.4 cm³/mol. The first-order chi connectivity index (χ1) is 10.2. The van der Waals surface area contributed by atoms with Gasteiger partial charge in [-0.1, -0.05) is 28.9 Å². The second-order valence-corrected chi connectivity index (χ2v) is 5.76. The molecule has 21 heavy (non-hydrogen) atoms. The smallest absolute Gasteiger partial charge is 0.261 e. The lowest BCUT2D eigenvalue weighted by atomic mass is 10.2. The molecule has 0 atom stereocenters. The van der Waals surface area contributed by atoms with Gasteiger partial charge in [0.05, 0.1) is 11.3 Å². The topological polar surface area (TPSA) is 59.2 Å². The number of nitrogens with zero attached hydrogens (tertiary/aromatic N) is 2. The SMILES string of the molecule is Oc1ccccc1-c1nc(CSc2ccc(Cl)cc2)no1. The predicted octanol–water partition coefficient (Wildman–Crippen LogP) is 4.39. The Kier molecular flexibility index (Phi) is 4.13. The first-order valence-corrected chi connectivity index (χ1v) is 7.58. The van der Waals surface area contributed by atoms with Crippen LogP contribution in [0, 0.1) is 0 Å². The third-order valence-electron chi connectivity index (χ3n) is 2.78. The van der Waals surface area contributed by atoms with Gasteiger partial charge in [0.15, 0.2) is 5.82 Å². The van der Waals surface area contributed by atoms with Crippen molar-refractivity contribution in [2.75, 3.05) is 0 Å². The second kappa shape index (κ2) is 6.20. The molecule has 106 valence electrons. The number of benzene rings is 2. The van der Waals surface area contributed by atoms with E-state index >= 15 is 0 Å². The average molecular weight is 319 g/mol. The van der Waals surface area contributed by atoms with Crippen molar-refractivity contribution >= 4 is 23.4 Å². The van der Waals surface area contributed by atoms with Crippen LogP contribution in [0.3, 0.4) is 0 Å². The van der Waals surface area contributed by atoms with E-state index in [1.807, 2.05) is 24.3 Å². The van der Waals surface area contributed by atoms with Gasteiger partial charge in [0.1, 0.15) is 5.75 Å². The van der Waals surface area contributed by atoms with Crippen LogP contribution in [-0.4, -0.2) is 15.2 Å². The maximum atomic E-state index is 9.76. The summed E-state index contributed by atoms with van der Waals surface area (Å²) < 4.78 is 5.18. The minimum atomic E-state index is 0.123. The van der Waals surface area contributed by atoms with E-state index in [1.165, 1.54) is 0 Å². The Morgan fingerprint density at radius 3 is 2.62 bits per heavy atom. The highest BCUT2D eigenvalue weighted by molar-refractivity contribution is 7.98. The molecule has 0 aliphatic carbocycles. The summed E-state index contributed by atoms with van der Waals surface area (Å²) in [5.74, 6) is 1.60. The molecule has 3 aromatic rings. The quantitative estimate of drug-likeness (QED) is 0.723. The number of phenols is 1. The van der Waals surface area contributed by atoms with Crippen molar-refractivity contribution in [1.82, 2.24) is 10.1 Å². The van der Waals surface area contributed by atoms with Crippen molar-refractivity contribution in [2.45, 2.75) is 10.6 Å². The van der Waals surface area contributed by atoms with E-state index in [9.17, 15) is 5.11 Å². The average Bonchev–Trinajstić information content (AvgIpc) is 2.96. The van der Waals surface area contributed by atoms with Gasteiger partial charge in [-0.15, -0.1) is 11.8 Å². The van der Waals surface area contributed by atoms with Crippen molar-refractivity contribution in [2.24, 2.45) is 0 Å². The fraction of sp³-hybridized carbons (Fsp3) is 0.0667. The standard InChI is InChI=1S/C15H11ClN2O2S/c16-10-5-7-11(8-6-10)21-9-14-17-15(20-18-14)12-3-1-2-4-13(12)19/h1-8,19H,9H2. The minimum absolute atomic E-state index is 0.123. The number of thioether (sulfide) groups is 1. The normalized spacial score (nSPS) is 10.7. The molecule has 4 nitrogen and oxygen atoms in total. The van der Waals surface area contributed by atoms with Gasteiger partial charge in [0.2, 0.25) is 0 Å². The Hall–Kier alpha value is -1.98. The molecule has 0 aliphatic heterocycles. The van der Waals surface area contributed by atoms with Crippen LogP contribution in [0.4, 0.5) is 0 Å². The number of rotatable bonds is 4. The number of hydrogen-bond acceptors (Lipinski definition) is 5. The number of aromatic nitrogens is 2. The van der Waals surface area contributed by atoms with Crippen LogP contribution in [0.25, 0.3) is 11.5 Å². The Morgan fingerprint density at radius 1 is 1.10 bits per heavy atom. The molecule has 0 fully saturated rings. The van der Waals surface area contributed by atoms with Gasteiger partial charge in [-0.05, 0) is 36.4 Å². The fourth-order valence-corrected chi connectivity index (χ4v) is 2.62. The Labute approximate surface area is 130 Å². The van der Waals surface area contributed by atoms with Crippen LogP contribution >= 0.6 is 23.4 Å². The maximum absolute atomic E-state index is 9.76. The van der Waals surface area contributed by atoms with Gasteiger partial charge in [0.25, 0.3) is 5.89 Å². The lowest BCUT2D eigenvalue weighted by Gasteiger charge is -1.98. The van der Waals surface area contributed by atoms with Gasteiger partial charge in [0, 0.05) is 9.92 Å². The van der Waals surface area contributed by atoms with Crippen molar-refractivity contribution < 1.29 is 9.63 Å². The summed E-state index contributed by atoms with van der Waals surface area (Å²) in [6, 6.07) is 14.4. The molecular weight excluding hydrogens is 308 g/mol. The van der Waals surface area contributed by atoms with Crippen LogP contribution in [0.1, 0.15) is 5.82 Å². The molecule has 1 aromatic heterocycles. The zero-order chi connectivity index (χ0) is 14.7. The van der Waals surface area contributed by atoms with Crippen LogP contribution < -0.4 is 0 Å². The Bertz CT molecular complexity index is 743. The maximum Gasteiger partial charge on any atom is 0.261 e. The molecule has 2 aromatic carbocycles. The molecule has 0 amide bonds. The summed E-state index contributed by atoms with van der Waals surface area (Å²) in [7, 11) is 0. The van der Waals surface area contributed by atoms with E-state index in [2.05, 4.69) is 10.1 Å². The number of aromatic hydroxyl groups is 1. The second-order valence-electron chi connectivity index (χ2n) is 4.28. The van der Waals surface area contributed by atoms with Gasteiger partial charge in [-0.3, -0.25) is 0 Å². The summed E-state index contributed by atoms with van der Waals surface area (Å²) >= 11 is 7.43. The molecule has 0 bridgehead atoms. The van der Waals surface area contributed by atoms with E-state index in [0.29, 0.717) is 28.1 Å². The first-order valence-electron chi connectivity index (χ1n) is 6.22. The third-order valence-corrected chi connectivity index (χ3v) is 4.04. The zero-order valence-corrected chi connectivity index (χ0v) is 12.4. The molecule has 0 radical (unpaired) electrons. The van der Waals surface area contributed by atoms with Gasteiger partial charge in [-0.25, -0.2) is 0 Å². The molecule has 3 rings (SSSR count). The largest absolute Gasteiger partial charge is 0.507 e. The zero-order valence-electron chi connectivity index (χ0n) is 10.9.